The smallest absolute Gasteiger partial charge is 0.209 e. The van der Waals surface area contributed by atoms with Crippen molar-refractivity contribution in [2.75, 3.05) is 0 Å². The van der Waals surface area contributed by atoms with Gasteiger partial charge in [-0.25, -0.2) is 4.98 Å². The van der Waals surface area contributed by atoms with Gasteiger partial charge in [-0.3, -0.25) is 5.10 Å². The Bertz CT molecular complexity index is 680. The second-order valence-electron chi connectivity index (χ2n) is 4.25. The van der Waals surface area contributed by atoms with Crippen LogP contribution in [0.4, 0.5) is 0 Å². The van der Waals surface area contributed by atoms with Crippen LogP contribution >= 0.6 is 27.7 Å². The molecule has 1 heterocycles. The number of benzene rings is 2. The number of aromatic nitrogens is 3. The minimum absolute atomic E-state index is 0.770. The zero-order valence-corrected chi connectivity index (χ0v) is 13.0. The molecule has 1 N–H and O–H groups in total. The predicted molar refractivity (Wildman–Crippen MR) is 85.5 cm³/mol. The highest BCUT2D eigenvalue weighted by atomic mass is 79.9. The van der Waals surface area contributed by atoms with Crippen LogP contribution in [-0.4, -0.2) is 15.2 Å². The van der Waals surface area contributed by atoms with Crippen molar-refractivity contribution in [1.29, 1.82) is 0 Å². The second kappa shape index (κ2) is 6.24. The first-order valence-electron chi connectivity index (χ1n) is 6.16. The molecule has 0 saturated carbocycles. The molecule has 0 spiro atoms. The van der Waals surface area contributed by atoms with Crippen molar-refractivity contribution in [1.82, 2.24) is 15.2 Å². The zero-order valence-electron chi connectivity index (χ0n) is 10.6. The van der Waals surface area contributed by atoms with Crippen molar-refractivity contribution < 1.29 is 0 Å². The van der Waals surface area contributed by atoms with Crippen molar-refractivity contribution in [3.8, 4) is 11.4 Å². The van der Waals surface area contributed by atoms with Gasteiger partial charge in [-0.2, -0.15) is 0 Å². The van der Waals surface area contributed by atoms with E-state index in [4.69, 9.17) is 0 Å². The number of halogens is 1. The molecule has 0 aliphatic carbocycles. The van der Waals surface area contributed by atoms with Crippen molar-refractivity contribution >= 4 is 27.7 Å². The summed E-state index contributed by atoms with van der Waals surface area (Å²) >= 11 is 5.05. The number of nitrogens with one attached hydrogen (secondary N) is 1. The molecule has 0 amide bonds. The van der Waals surface area contributed by atoms with Gasteiger partial charge in [0.15, 0.2) is 5.82 Å². The fraction of sp³-hybridized carbons (Fsp3) is 0.0667. The number of hydrogen-bond donors (Lipinski definition) is 1. The van der Waals surface area contributed by atoms with Crippen LogP contribution in [0.1, 0.15) is 5.56 Å². The number of hydrogen-bond acceptors (Lipinski definition) is 3. The molecule has 0 saturated heterocycles. The maximum absolute atomic E-state index is 4.51. The standard InChI is InChI=1S/C15H12BrN3S/c16-13-8-6-12(7-9-13)14-17-15(19-18-14)20-10-11-4-2-1-3-5-11/h1-9H,10H2,(H,17,18,19). The Morgan fingerprint density at radius 2 is 1.75 bits per heavy atom. The average Bonchev–Trinajstić information content (AvgIpc) is 2.96. The first-order valence-corrected chi connectivity index (χ1v) is 7.94. The van der Waals surface area contributed by atoms with E-state index >= 15 is 0 Å². The van der Waals surface area contributed by atoms with Crippen LogP contribution in [0.25, 0.3) is 11.4 Å². The largest absolute Gasteiger partial charge is 0.258 e. The number of H-pyrrole nitrogens is 1. The minimum Gasteiger partial charge on any atom is -0.258 e. The van der Waals surface area contributed by atoms with E-state index in [-0.39, 0.29) is 0 Å². The Balaban J connectivity index is 1.69. The SMILES string of the molecule is Brc1ccc(-c2nc(SCc3ccccc3)n[nH]2)cc1. The predicted octanol–water partition coefficient (Wildman–Crippen LogP) is 4.53. The fourth-order valence-corrected chi connectivity index (χ4v) is 2.79. The monoisotopic (exact) mass is 345 g/mol. The van der Waals surface area contributed by atoms with Crippen LogP contribution in [-0.2, 0) is 5.75 Å². The van der Waals surface area contributed by atoms with Crippen LogP contribution in [0.15, 0.2) is 64.2 Å². The molecule has 0 unspecified atom stereocenters. The molecular weight excluding hydrogens is 334 g/mol. The molecule has 0 bridgehead atoms. The van der Waals surface area contributed by atoms with Crippen molar-refractivity contribution in [2.24, 2.45) is 0 Å². The van der Waals surface area contributed by atoms with E-state index < -0.39 is 0 Å². The van der Waals surface area contributed by atoms with Gasteiger partial charge in [0.2, 0.25) is 5.16 Å². The highest BCUT2D eigenvalue weighted by Crippen LogP contribution is 2.23. The number of rotatable bonds is 4. The zero-order chi connectivity index (χ0) is 13.8. The number of nitrogens with zero attached hydrogens (tertiary/aromatic N) is 2. The summed E-state index contributed by atoms with van der Waals surface area (Å²) in [6.07, 6.45) is 0. The van der Waals surface area contributed by atoms with Gasteiger partial charge in [-0.15, -0.1) is 5.10 Å². The van der Waals surface area contributed by atoms with Gasteiger partial charge in [0.05, 0.1) is 0 Å². The van der Waals surface area contributed by atoms with Crippen LogP contribution in [0.3, 0.4) is 0 Å². The summed E-state index contributed by atoms with van der Waals surface area (Å²) in [5.74, 6) is 1.67. The first kappa shape index (κ1) is 13.4. The Labute approximate surface area is 130 Å². The van der Waals surface area contributed by atoms with E-state index in [1.54, 1.807) is 11.8 Å². The maximum atomic E-state index is 4.51. The van der Waals surface area contributed by atoms with E-state index in [1.165, 1.54) is 5.56 Å². The lowest BCUT2D eigenvalue weighted by Gasteiger charge is -1.97. The third kappa shape index (κ3) is 3.29. The Kier molecular flexibility index (Phi) is 4.18. The van der Waals surface area contributed by atoms with Gasteiger partial charge in [-0.1, -0.05) is 70.2 Å². The molecular formula is C15H12BrN3S. The molecule has 0 aliphatic heterocycles. The molecule has 1 aromatic heterocycles. The molecule has 5 heteroatoms. The third-order valence-corrected chi connectivity index (χ3v) is 4.24. The first-order chi connectivity index (χ1) is 9.81. The molecule has 3 rings (SSSR count). The van der Waals surface area contributed by atoms with Crippen molar-refractivity contribution in [3.05, 3.63) is 64.6 Å². The molecule has 0 fully saturated rings. The lowest BCUT2D eigenvalue weighted by molar-refractivity contribution is 0.973. The molecule has 0 radical (unpaired) electrons. The molecule has 0 aliphatic rings. The minimum atomic E-state index is 0.770. The Hall–Kier alpha value is -1.59. The van der Waals surface area contributed by atoms with Crippen LogP contribution in [0.2, 0.25) is 0 Å². The highest BCUT2D eigenvalue weighted by molar-refractivity contribution is 9.10. The molecule has 0 atom stereocenters. The lowest BCUT2D eigenvalue weighted by atomic mass is 10.2. The number of thioether (sulfide) groups is 1. The van der Waals surface area contributed by atoms with E-state index in [0.717, 1.165) is 26.8 Å². The molecule has 3 nitrogen and oxygen atoms in total. The lowest BCUT2D eigenvalue weighted by Crippen LogP contribution is -1.81. The summed E-state index contributed by atoms with van der Waals surface area (Å²) in [6, 6.07) is 18.3. The molecule has 2 aromatic carbocycles. The summed E-state index contributed by atoms with van der Waals surface area (Å²) in [5, 5.41) is 8.00. The average molecular weight is 346 g/mol. The van der Waals surface area contributed by atoms with Crippen LogP contribution in [0, 0.1) is 0 Å². The van der Waals surface area contributed by atoms with Gasteiger partial charge < -0.3 is 0 Å². The summed E-state index contributed by atoms with van der Waals surface area (Å²) < 4.78 is 1.06. The van der Waals surface area contributed by atoms with Crippen LogP contribution in [0.5, 0.6) is 0 Å². The summed E-state index contributed by atoms with van der Waals surface area (Å²) in [6.45, 7) is 0. The molecule has 20 heavy (non-hydrogen) atoms. The quantitative estimate of drug-likeness (QED) is 0.706. The Morgan fingerprint density at radius 1 is 1.00 bits per heavy atom. The van der Waals surface area contributed by atoms with E-state index in [1.807, 2.05) is 42.5 Å². The maximum Gasteiger partial charge on any atom is 0.209 e. The normalized spacial score (nSPS) is 10.7. The topological polar surface area (TPSA) is 41.6 Å². The van der Waals surface area contributed by atoms with Gasteiger partial charge >= 0.3 is 0 Å². The van der Waals surface area contributed by atoms with Gasteiger partial charge in [0.25, 0.3) is 0 Å². The Morgan fingerprint density at radius 3 is 2.50 bits per heavy atom. The van der Waals surface area contributed by atoms with Crippen molar-refractivity contribution in [2.45, 2.75) is 10.9 Å². The van der Waals surface area contributed by atoms with Gasteiger partial charge in [0, 0.05) is 15.8 Å². The number of aromatic amines is 1. The third-order valence-electron chi connectivity index (χ3n) is 2.79. The molecule has 3 aromatic rings. The second-order valence-corrected chi connectivity index (χ2v) is 6.11. The van der Waals surface area contributed by atoms with Crippen molar-refractivity contribution in [3.63, 3.8) is 0 Å². The van der Waals surface area contributed by atoms with Gasteiger partial charge in [-0.05, 0) is 17.7 Å². The summed E-state index contributed by atoms with van der Waals surface area (Å²) in [5.41, 5.74) is 2.31. The van der Waals surface area contributed by atoms with Crippen LogP contribution < -0.4 is 0 Å². The highest BCUT2D eigenvalue weighted by Gasteiger charge is 2.06. The van der Waals surface area contributed by atoms with Gasteiger partial charge in [0.1, 0.15) is 0 Å². The van der Waals surface area contributed by atoms with E-state index in [9.17, 15) is 0 Å². The molecule has 100 valence electrons. The summed E-state index contributed by atoms with van der Waals surface area (Å²) in [4.78, 5) is 4.51. The fourth-order valence-electron chi connectivity index (χ4n) is 1.77. The van der Waals surface area contributed by atoms with E-state index in [2.05, 4.69) is 43.2 Å². The van der Waals surface area contributed by atoms with E-state index in [0.29, 0.717) is 0 Å². The summed E-state index contributed by atoms with van der Waals surface area (Å²) in [7, 11) is 0.